The normalized spacial score (nSPS) is 19.5. The lowest BCUT2D eigenvalue weighted by Gasteiger charge is -2.26. The Kier molecular flexibility index (Phi) is 2.83. The van der Waals surface area contributed by atoms with E-state index in [2.05, 4.69) is 17.1 Å². The number of para-hydroxylation sites is 1. The van der Waals surface area contributed by atoms with Gasteiger partial charge in [0.1, 0.15) is 0 Å². The van der Waals surface area contributed by atoms with E-state index in [0.717, 1.165) is 24.1 Å². The molecule has 2 rings (SSSR count). The minimum Gasteiger partial charge on any atom is -0.360 e. The highest BCUT2D eigenvalue weighted by Gasteiger charge is 2.20. The van der Waals surface area contributed by atoms with E-state index in [1.165, 1.54) is 0 Å². The smallest absolute Gasteiger partial charge is 0.152 e. The summed E-state index contributed by atoms with van der Waals surface area (Å²) in [6, 6.07) is 7.81. The molecule has 1 atom stereocenters. The number of nitrogens with zero attached hydrogens (tertiary/aromatic N) is 1. The number of aldehydes is 1. The van der Waals surface area contributed by atoms with Crippen LogP contribution >= 0.6 is 0 Å². The Morgan fingerprint density at radius 3 is 3.00 bits per heavy atom. The number of benzene rings is 1. The first-order valence-corrected chi connectivity index (χ1v) is 5.04. The third-order valence-corrected chi connectivity index (χ3v) is 2.68. The molecule has 0 bridgehead atoms. The van der Waals surface area contributed by atoms with Gasteiger partial charge in [0.05, 0.1) is 6.04 Å². The molecule has 1 aliphatic rings. The number of carbonyl (C=O) groups excluding carboxylic acids is 1. The summed E-state index contributed by atoms with van der Waals surface area (Å²) in [7, 11) is 0. The van der Waals surface area contributed by atoms with E-state index in [-0.39, 0.29) is 6.04 Å². The molecule has 1 aliphatic heterocycles. The Morgan fingerprint density at radius 1 is 1.47 bits per heavy atom. The Morgan fingerprint density at radius 2 is 2.27 bits per heavy atom. The van der Waals surface area contributed by atoms with Crippen molar-refractivity contribution in [2.75, 3.05) is 18.0 Å². The van der Waals surface area contributed by atoms with Crippen molar-refractivity contribution in [1.29, 1.82) is 0 Å². The topological polar surface area (TPSA) is 46.3 Å². The maximum atomic E-state index is 10.9. The molecule has 2 N–H and O–H groups in total. The van der Waals surface area contributed by atoms with Gasteiger partial charge in [-0.3, -0.25) is 4.79 Å². The highest BCUT2D eigenvalue weighted by molar-refractivity contribution is 5.85. The summed E-state index contributed by atoms with van der Waals surface area (Å²) in [5, 5.41) is 0. The van der Waals surface area contributed by atoms with Crippen molar-refractivity contribution in [2.24, 2.45) is 5.73 Å². The zero-order valence-corrected chi connectivity index (χ0v) is 8.47. The molecule has 0 unspecified atom stereocenters. The van der Waals surface area contributed by atoms with Crippen LogP contribution in [0.15, 0.2) is 36.4 Å². The third-order valence-electron chi connectivity index (χ3n) is 2.68. The number of anilines is 1. The predicted octanol–water partition coefficient (Wildman–Crippen LogP) is 1.20. The second-order valence-electron chi connectivity index (χ2n) is 3.56. The van der Waals surface area contributed by atoms with Crippen LogP contribution in [-0.4, -0.2) is 25.4 Å². The van der Waals surface area contributed by atoms with Gasteiger partial charge in [-0.15, -0.1) is 0 Å². The molecule has 78 valence electrons. The minimum absolute atomic E-state index is 0.214. The van der Waals surface area contributed by atoms with Crippen molar-refractivity contribution in [3.8, 4) is 0 Å². The van der Waals surface area contributed by atoms with Gasteiger partial charge in [-0.2, -0.15) is 0 Å². The highest BCUT2D eigenvalue weighted by atomic mass is 16.1. The van der Waals surface area contributed by atoms with Crippen molar-refractivity contribution in [3.05, 3.63) is 42.0 Å². The fourth-order valence-corrected chi connectivity index (χ4v) is 1.90. The first-order valence-electron chi connectivity index (χ1n) is 5.04. The second-order valence-corrected chi connectivity index (χ2v) is 3.56. The van der Waals surface area contributed by atoms with Crippen molar-refractivity contribution in [3.63, 3.8) is 0 Å². The molecule has 0 amide bonds. The Labute approximate surface area is 89.2 Å². The van der Waals surface area contributed by atoms with Crippen molar-refractivity contribution >= 4 is 12.0 Å². The number of hydrogen-bond acceptors (Lipinski definition) is 3. The van der Waals surface area contributed by atoms with Gasteiger partial charge >= 0.3 is 0 Å². The quantitative estimate of drug-likeness (QED) is 0.592. The average molecular weight is 202 g/mol. The van der Waals surface area contributed by atoms with Gasteiger partial charge in [0.25, 0.3) is 0 Å². The highest BCUT2D eigenvalue weighted by Crippen LogP contribution is 2.23. The van der Waals surface area contributed by atoms with E-state index in [1.54, 1.807) is 0 Å². The Hall–Kier alpha value is -1.61. The van der Waals surface area contributed by atoms with Crippen molar-refractivity contribution in [2.45, 2.75) is 6.04 Å². The minimum atomic E-state index is 0.214. The summed E-state index contributed by atoms with van der Waals surface area (Å²) >= 11 is 0. The fourth-order valence-electron chi connectivity index (χ4n) is 1.90. The maximum absolute atomic E-state index is 10.9. The van der Waals surface area contributed by atoms with E-state index >= 15 is 0 Å². The third kappa shape index (κ3) is 1.78. The average Bonchev–Trinajstić information content (AvgIpc) is 2.76. The number of rotatable bonds is 3. The molecule has 0 radical (unpaired) electrons. The first-order chi connectivity index (χ1) is 7.36. The molecule has 0 fully saturated rings. The summed E-state index contributed by atoms with van der Waals surface area (Å²) in [6.07, 6.45) is 5.06. The second kappa shape index (κ2) is 4.28. The molecular formula is C12H14N2O. The van der Waals surface area contributed by atoms with Crippen molar-refractivity contribution in [1.82, 2.24) is 0 Å². The molecule has 1 aromatic rings. The van der Waals surface area contributed by atoms with Crippen LogP contribution in [0.25, 0.3) is 0 Å². The van der Waals surface area contributed by atoms with Gasteiger partial charge in [-0.1, -0.05) is 24.3 Å². The molecule has 0 aliphatic carbocycles. The molecule has 0 aromatic heterocycles. The van der Waals surface area contributed by atoms with Crippen LogP contribution in [0.5, 0.6) is 0 Å². The summed E-state index contributed by atoms with van der Waals surface area (Å²) in [5.41, 5.74) is 7.36. The lowest BCUT2D eigenvalue weighted by atomic mass is 10.1. The summed E-state index contributed by atoms with van der Waals surface area (Å²) in [6.45, 7) is 1.40. The van der Waals surface area contributed by atoms with Gasteiger partial charge in [0, 0.05) is 24.3 Å². The lowest BCUT2D eigenvalue weighted by molar-refractivity contribution is 0.112. The predicted molar refractivity (Wildman–Crippen MR) is 61.2 cm³/mol. The fraction of sp³-hybridized carbons (Fsp3) is 0.250. The van der Waals surface area contributed by atoms with Gasteiger partial charge in [0.2, 0.25) is 0 Å². The SMILES string of the molecule is NC[C@@H]1C=CCN1c1ccccc1C=O. The van der Waals surface area contributed by atoms with Crippen molar-refractivity contribution < 1.29 is 4.79 Å². The van der Waals surface area contributed by atoms with Crippen LogP contribution in [0.2, 0.25) is 0 Å². The molecule has 3 heteroatoms. The van der Waals surface area contributed by atoms with E-state index in [4.69, 9.17) is 5.73 Å². The monoisotopic (exact) mass is 202 g/mol. The molecule has 1 aromatic carbocycles. The van der Waals surface area contributed by atoms with Gasteiger partial charge in [-0.05, 0) is 12.1 Å². The van der Waals surface area contributed by atoms with Gasteiger partial charge < -0.3 is 10.6 Å². The lowest BCUT2D eigenvalue weighted by Crippen LogP contribution is -2.36. The summed E-state index contributed by atoms with van der Waals surface area (Å²) in [4.78, 5) is 13.0. The summed E-state index contributed by atoms with van der Waals surface area (Å²) in [5.74, 6) is 0. The van der Waals surface area contributed by atoms with Crippen LogP contribution < -0.4 is 10.6 Å². The molecule has 0 spiro atoms. The number of nitrogens with two attached hydrogens (primary N) is 1. The first kappa shape index (κ1) is 9.93. The zero-order chi connectivity index (χ0) is 10.7. The van der Waals surface area contributed by atoms with Gasteiger partial charge in [0.15, 0.2) is 6.29 Å². The standard InChI is InChI=1S/C12H14N2O/c13-8-11-5-3-7-14(11)12-6-2-1-4-10(12)9-15/h1-6,9,11H,7-8,13H2/t11-/m0/s1. The molecule has 0 saturated heterocycles. The van der Waals surface area contributed by atoms with Gasteiger partial charge in [-0.25, -0.2) is 0 Å². The molecular weight excluding hydrogens is 188 g/mol. The molecule has 0 saturated carbocycles. The molecule has 1 heterocycles. The zero-order valence-electron chi connectivity index (χ0n) is 8.47. The van der Waals surface area contributed by atoms with Crippen LogP contribution in [-0.2, 0) is 0 Å². The van der Waals surface area contributed by atoms with E-state index in [0.29, 0.717) is 6.54 Å². The van der Waals surface area contributed by atoms with Crippen LogP contribution in [0.4, 0.5) is 5.69 Å². The van der Waals surface area contributed by atoms with E-state index in [9.17, 15) is 4.79 Å². The number of hydrogen-bond donors (Lipinski definition) is 1. The molecule has 15 heavy (non-hydrogen) atoms. The summed E-state index contributed by atoms with van der Waals surface area (Å²) < 4.78 is 0. The Balaban J connectivity index is 2.33. The Bertz CT molecular complexity index is 387. The van der Waals surface area contributed by atoms with Crippen LogP contribution in [0, 0.1) is 0 Å². The van der Waals surface area contributed by atoms with Crippen LogP contribution in [0.3, 0.4) is 0 Å². The van der Waals surface area contributed by atoms with E-state index in [1.807, 2.05) is 24.3 Å². The molecule has 3 nitrogen and oxygen atoms in total. The maximum Gasteiger partial charge on any atom is 0.152 e. The van der Waals surface area contributed by atoms with E-state index < -0.39 is 0 Å². The van der Waals surface area contributed by atoms with Crippen LogP contribution in [0.1, 0.15) is 10.4 Å². The number of carbonyl (C=O) groups is 1. The largest absolute Gasteiger partial charge is 0.360 e.